The number of hydrogen-bond acceptors (Lipinski definition) is 5. The van der Waals surface area contributed by atoms with E-state index in [1.807, 2.05) is 6.08 Å². The standard InChI is InChI=1S/C12H12N4OS/c13-4-2-1-3-7-9-10-8(15-6-18-10)5-14-11(9)16-12(7)17/h3,5-6H,1-2,4,13H2,(H,14,16,17). The van der Waals surface area contributed by atoms with Crippen LogP contribution in [0.3, 0.4) is 0 Å². The molecule has 0 atom stereocenters. The Morgan fingerprint density at radius 3 is 3.17 bits per heavy atom. The van der Waals surface area contributed by atoms with E-state index in [1.54, 1.807) is 11.7 Å². The van der Waals surface area contributed by atoms with Crippen LogP contribution in [0.5, 0.6) is 0 Å². The van der Waals surface area contributed by atoms with E-state index in [2.05, 4.69) is 15.3 Å². The Kier molecular flexibility index (Phi) is 2.81. The molecule has 3 heterocycles. The zero-order valence-corrected chi connectivity index (χ0v) is 10.5. The van der Waals surface area contributed by atoms with Gasteiger partial charge in [0.05, 0.1) is 16.4 Å². The van der Waals surface area contributed by atoms with Crippen molar-refractivity contribution in [1.29, 1.82) is 0 Å². The smallest absolute Gasteiger partial charge is 0.257 e. The Morgan fingerprint density at radius 1 is 1.44 bits per heavy atom. The summed E-state index contributed by atoms with van der Waals surface area (Å²) in [4.78, 5) is 20.4. The molecule has 0 saturated carbocycles. The molecule has 3 N–H and O–H groups in total. The second-order valence-corrected chi connectivity index (χ2v) is 4.91. The van der Waals surface area contributed by atoms with Crippen molar-refractivity contribution < 1.29 is 4.79 Å². The van der Waals surface area contributed by atoms with Gasteiger partial charge in [-0.2, -0.15) is 0 Å². The summed E-state index contributed by atoms with van der Waals surface area (Å²) in [6.07, 6.45) is 5.30. The van der Waals surface area contributed by atoms with Crippen molar-refractivity contribution in [3.05, 3.63) is 23.3 Å². The summed E-state index contributed by atoms with van der Waals surface area (Å²) in [6.45, 7) is 0.626. The van der Waals surface area contributed by atoms with Crippen LogP contribution in [0.25, 0.3) is 15.8 Å². The fraction of sp³-hybridized carbons (Fsp3) is 0.250. The molecule has 5 nitrogen and oxygen atoms in total. The van der Waals surface area contributed by atoms with Gasteiger partial charge in [-0.3, -0.25) is 4.79 Å². The van der Waals surface area contributed by atoms with Crippen molar-refractivity contribution in [3.63, 3.8) is 0 Å². The molecular weight excluding hydrogens is 248 g/mol. The van der Waals surface area contributed by atoms with E-state index in [0.29, 0.717) is 17.9 Å². The minimum atomic E-state index is -0.0876. The summed E-state index contributed by atoms with van der Waals surface area (Å²) < 4.78 is 1.01. The molecule has 0 aliphatic carbocycles. The number of unbranched alkanes of at least 4 members (excludes halogenated alkanes) is 1. The van der Waals surface area contributed by atoms with Crippen molar-refractivity contribution in [2.45, 2.75) is 12.8 Å². The second-order valence-electron chi connectivity index (χ2n) is 4.05. The number of anilines is 1. The molecule has 0 unspecified atom stereocenters. The van der Waals surface area contributed by atoms with Gasteiger partial charge >= 0.3 is 0 Å². The van der Waals surface area contributed by atoms with Gasteiger partial charge < -0.3 is 11.1 Å². The number of carbonyl (C=O) groups is 1. The van der Waals surface area contributed by atoms with Crippen molar-refractivity contribution in [1.82, 2.24) is 9.97 Å². The first-order valence-electron chi connectivity index (χ1n) is 5.75. The highest BCUT2D eigenvalue weighted by atomic mass is 32.1. The van der Waals surface area contributed by atoms with E-state index in [4.69, 9.17) is 5.73 Å². The zero-order valence-electron chi connectivity index (χ0n) is 9.64. The predicted molar refractivity (Wildman–Crippen MR) is 72.3 cm³/mol. The van der Waals surface area contributed by atoms with Crippen molar-refractivity contribution in [3.8, 4) is 0 Å². The number of aromatic nitrogens is 2. The molecular formula is C12H12N4OS. The average molecular weight is 260 g/mol. The van der Waals surface area contributed by atoms with Crippen molar-refractivity contribution >= 4 is 38.9 Å². The Labute approximate surface area is 108 Å². The molecule has 0 saturated heterocycles. The van der Waals surface area contributed by atoms with Crippen LogP contribution in [-0.4, -0.2) is 22.4 Å². The fourth-order valence-electron chi connectivity index (χ4n) is 2.02. The predicted octanol–water partition coefficient (Wildman–Crippen LogP) is 1.77. The maximum absolute atomic E-state index is 11.9. The van der Waals surface area contributed by atoms with Crippen molar-refractivity contribution in [2.75, 3.05) is 11.9 Å². The number of amides is 1. The van der Waals surface area contributed by atoms with Gasteiger partial charge in [0.2, 0.25) is 0 Å². The van der Waals surface area contributed by atoms with Crippen LogP contribution in [0.15, 0.2) is 17.8 Å². The van der Waals surface area contributed by atoms with E-state index in [9.17, 15) is 4.79 Å². The lowest BCUT2D eigenvalue weighted by atomic mass is 10.1. The Bertz CT molecular complexity index is 647. The maximum atomic E-state index is 11.9. The zero-order chi connectivity index (χ0) is 12.5. The molecule has 2 aromatic heterocycles. The normalized spacial score (nSPS) is 16.3. The molecule has 0 radical (unpaired) electrons. The number of thiazole rings is 1. The molecule has 2 aromatic rings. The van der Waals surface area contributed by atoms with Crippen LogP contribution in [0.1, 0.15) is 18.4 Å². The summed E-state index contributed by atoms with van der Waals surface area (Å²) in [7, 11) is 0. The number of hydrogen-bond donors (Lipinski definition) is 2. The summed E-state index contributed by atoms with van der Waals surface area (Å²) >= 11 is 1.53. The number of nitrogens with zero attached hydrogens (tertiary/aromatic N) is 2. The molecule has 0 aromatic carbocycles. The van der Waals surface area contributed by atoms with Gasteiger partial charge in [-0.1, -0.05) is 6.08 Å². The van der Waals surface area contributed by atoms with E-state index < -0.39 is 0 Å². The van der Waals surface area contributed by atoms with Crippen LogP contribution in [0.2, 0.25) is 0 Å². The van der Waals surface area contributed by atoms with Crippen LogP contribution in [0.4, 0.5) is 5.82 Å². The van der Waals surface area contributed by atoms with Gasteiger partial charge in [0, 0.05) is 11.1 Å². The molecule has 0 spiro atoms. The van der Waals surface area contributed by atoms with Gasteiger partial charge in [-0.25, -0.2) is 9.97 Å². The van der Waals surface area contributed by atoms with Gasteiger partial charge in [-0.05, 0) is 19.4 Å². The minimum absolute atomic E-state index is 0.0876. The fourth-order valence-corrected chi connectivity index (χ4v) is 2.85. The third-order valence-electron chi connectivity index (χ3n) is 2.88. The maximum Gasteiger partial charge on any atom is 0.257 e. The molecule has 0 bridgehead atoms. The first-order chi connectivity index (χ1) is 8.81. The quantitative estimate of drug-likeness (QED) is 0.651. The van der Waals surface area contributed by atoms with E-state index in [0.717, 1.165) is 28.6 Å². The summed E-state index contributed by atoms with van der Waals surface area (Å²) in [5, 5.41) is 2.79. The van der Waals surface area contributed by atoms with E-state index in [1.165, 1.54) is 11.3 Å². The second kappa shape index (κ2) is 4.47. The third kappa shape index (κ3) is 1.70. The molecule has 92 valence electrons. The highest BCUT2D eigenvalue weighted by Crippen LogP contribution is 2.37. The molecule has 3 rings (SSSR count). The van der Waals surface area contributed by atoms with Crippen LogP contribution < -0.4 is 11.1 Å². The highest BCUT2D eigenvalue weighted by Gasteiger charge is 2.27. The Morgan fingerprint density at radius 2 is 2.33 bits per heavy atom. The minimum Gasteiger partial charge on any atom is -0.330 e. The highest BCUT2D eigenvalue weighted by molar-refractivity contribution is 7.17. The molecule has 0 fully saturated rings. The van der Waals surface area contributed by atoms with Gasteiger partial charge in [0.1, 0.15) is 11.3 Å². The monoisotopic (exact) mass is 260 g/mol. The molecule has 1 aliphatic rings. The number of carbonyl (C=O) groups excluding carboxylic acids is 1. The number of allylic oxidation sites excluding steroid dienone is 1. The summed E-state index contributed by atoms with van der Waals surface area (Å²) in [5.41, 5.74) is 9.65. The number of nitrogens with one attached hydrogen (secondary N) is 1. The first-order valence-corrected chi connectivity index (χ1v) is 6.63. The molecule has 18 heavy (non-hydrogen) atoms. The van der Waals surface area contributed by atoms with E-state index in [-0.39, 0.29) is 5.91 Å². The van der Waals surface area contributed by atoms with Crippen molar-refractivity contribution in [2.24, 2.45) is 5.73 Å². The SMILES string of the molecule is NCCCC=C1C(=O)Nc2ncc3ncsc3c21. The number of nitrogens with two attached hydrogens (primary N) is 1. The van der Waals surface area contributed by atoms with Crippen LogP contribution in [0, 0.1) is 0 Å². The molecule has 1 amide bonds. The lowest BCUT2D eigenvalue weighted by Gasteiger charge is -1.99. The molecule has 6 heteroatoms. The Balaban J connectivity index is 2.12. The number of rotatable bonds is 3. The van der Waals surface area contributed by atoms with Gasteiger partial charge in [-0.15, -0.1) is 11.3 Å². The topological polar surface area (TPSA) is 80.9 Å². The first kappa shape index (κ1) is 11.3. The largest absolute Gasteiger partial charge is 0.330 e. The lowest BCUT2D eigenvalue weighted by molar-refractivity contribution is -0.110. The summed E-state index contributed by atoms with van der Waals surface area (Å²) in [5.74, 6) is 0.547. The van der Waals surface area contributed by atoms with Crippen LogP contribution >= 0.6 is 11.3 Å². The lowest BCUT2D eigenvalue weighted by Crippen LogP contribution is -2.04. The summed E-state index contributed by atoms with van der Waals surface area (Å²) in [6, 6.07) is 0. The van der Waals surface area contributed by atoms with E-state index >= 15 is 0 Å². The van der Waals surface area contributed by atoms with Gasteiger partial charge in [0.25, 0.3) is 5.91 Å². The third-order valence-corrected chi connectivity index (χ3v) is 3.74. The average Bonchev–Trinajstić information content (AvgIpc) is 2.93. The molecule has 1 aliphatic heterocycles. The number of fused-ring (bicyclic) bond motifs is 3. The van der Waals surface area contributed by atoms with Crippen LogP contribution in [-0.2, 0) is 4.79 Å². The Hall–Kier alpha value is -1.79. The van der Waals surface area contributed by atoms with Gasteiger partial charge in [0.15, 0.2) is 0 Å². The number of pyridine rings is 1.